The normalized spacial score (nSPS) is 24.3. The maximum atomic E-state index is 12.7. The van der Waals surface area contributed by atoms with Gasteiger partial charge in [-0.3, -0.25) is 9.59 Å². The number of rotatable bonds is 5. The SMILES string of the molecule is O=C1CN(S(=O)(=O)c2cccc(C(=O)NCC3CNCC3O)c2)CCN1. The van der Waals surface area contributed by atoms with E-state index >= 15 is 0 Å². The maximum absolute atomic E-state index is 12.7. The second-order valence-electron chi connectivity index (χ2n) is 6.41. The highest BCUT2D eigenvalue weighted by Crippen LogP contribution is 2.18. The van der Waals surface area contributed by atoms with Gasteiger partial charge in [0.25, 0.3) is 5.91 Å². The van der Waals surface area contributed by atoms with E-state index in [1.807, 2.05) is 0 Å². The zero-order chi connectivity index (χ0) is 18.7. The molecule has 1 aromatic rings. The summed E-state index contributed by atoms with van der Waals surface area (Å²) >= 11 is 0. The average molecular weight is 382 g/mol. The third-order valence-corrected chi connectivity index (χ3v) is 6.41. The molecule has 3 rings (SSSR count). The van der Waals surface area contributed by atoms with E-state index in [4.69, 9.17) is 0 Å². The number of hydrogen-bond donors (Lipinski definition) is 4. The number of aliphatic hydroxyl groups is 1. The Hall–Kier alpha value is -2.01. The highest BCUT2D eigenvalue weighted by atomic mass is 32.2. The molecule has 0 saturated carbocycles. The summed E-state index contributed by atoms with van der Waals surface area (Å²) in [6, 6.07) is 5.74. The molecule has 0 radical (unpaired) electrons. The molecule has 2 aliphatic rings. The fourth-order valence-electron chi connectivity index (χ4n) is 3.02. The van der Waals surface area contributed by atoms with Crippen LogP contribution in [0.25, 0.3) is 0 Å². The fraction of sp³-hybridized carbons (Fsp3) is 0.500. The predicted octanol–water partition coefficient (Wildman–Crippen LogP) is -1.88. The molecule has 2 amide bonds. The zero-order valence-electron chi connectivity index (χ0n) is 14.1. The fourth-order valence-corrected chi connectivity index (χ4v) is 4.46. The number of nitrogens with zero attached hydrogens (tertiary/aromatic N) is 1. The topological polar surface area (TPSA) is 128 Å². The first-order valence-electron chi connectivity index (χ1n) is 8.42. The van der Waals surface area contributed by atoms with E-state index in [1.165, 1.54) is 24.3 Å². The molecule has 10 heteroatoms. The Bertz CT molecular complexity index is 798. The molecule has 2 heterocycles. The van der Waals surface area contributed by atoms with Crippen LogP contribution in [0.4, 0.5) is 0 Å². The molecule has 1 aromatic carbocycles. The molecule has 0 bridgehead atoms. The molecule has 0 spiro atoms. The summed E-state index contributed by atoms with van der Waals surface area (Å²) in [5, 5.41) is 18.1. The van der Waals surface area contributed by atoms with Gasteiger partial charge >= 0.3 is 0 Å². The quantitative estimate of drug-likeness (QED) is 0.472. The second-order valence-corrected chi connectivity index (χ2v) is 8.35. The van der Waals surface area contributed by atoms with Gasteiger partial charge in [0.15, 0.2) is 0 Å². The third-order valence-electron chi connectivity index (χ3n) is 4.57. The highest BCUT2D eigenvalue weighted by molar-refractivity contribution is 7.89. The minimum absolute atomic E-state index is 0.0255. The van der Waals surface area contributed by atoms with Crippen molar-refractivity contribution in [3.05, 3.63) is 29.8 Å². The summed E-state index contributed by atoms with van der Waals surface area (Å²) in [4.78, 5) is 23.8. The molecule has 142 valence electrons. The van der Waals surface area contributed by atoms with Crippen LogP contribution in [0, 0.1) is 5.92 Å². The van der Waals surface area contributed by atoms with Gasteiger partial charge in [0, 0.05) is 44.2 Å². The molecule has 2 unspecified atom stereocenters. The molecular formula is C16H22N4O5S. The van der Waals surface area contributed by atoms with Gasteiger partial charge in [-0.1, -0.05) is 6.07 Å². The van der Waals surface area contributed by atoms with E-state index in [0.717, 1.165) is 4.31 Å². The number of nitrogens with one attached hydrogen (secondary N) is 3. The van der Waals surface area contributed by atoms with Crippen molar-refractivity contribution in [2.45, 2.75) is 11.0 Å². The summed E-state index contributed by atoms with van der Waals surface area (Å²) in [7, 11) is -3.85. The Morgan fingerprint density at radius 1 is 1.35 bits per heavy atom. The Morgan fingerprint density at radius 3 is 2.85 bits per heavy atom. The van der Waals surface area contributed by atoms with Crippen LogP contribution in [-0.4, -0.2) is 75.0 Å². The molecule has 26 heavy (non-hydrogen) atoms. The second kappa shape index (κ2) is 7.70. The molecule has 0 aromatic heterocycles. The molecule has 9 nitrogen and oxygen atoms in total. The number of benzene rings is 1. The standard InChI is InChI=1S/C16H22N4O5S/c21-14-9-17-7-12(14)8-19-16(23)11-2-1-3-13(6-11)26(24,25)20-5-4-18-15(22)10-20/h1-3,6,12,14,17,21H,4-5,7-10H2,(H,18,22)(H,19,23). The molecular weight excluding hydrogens is 360 g/mol. The number of piperazine rings is 1. The van der Waals surface area contributed by atoms with Crippen molar-refractivity contribution < 1.29 is 23.1 Å². The summed E-state index contributed by atoms with van der Waals surface area (Å²) in [5.41, 5.74) is 0.216. The number of carbonyl (C=O) groups excluding carboxylic acids is 2. The van der Waals surface area contributed by atoms with Gasteiger partial charge in [0.1, 0.15) is 0 Å². The zero-order valence-corrected chi connectivity index (χ0v) is 15.0. The van der Waals surface area contributed by atoms with Gasteiger partial charge in [0.05, 0.1) is 17.5 Å². The van der Waals surface area contributed by atoms with Gasteiger partial charge in [-0.15, -0.1) is 0 Å². The highest BCUT2D eigenvalue weighted by Gasteiger charge is 2.30. The smallest absolute Gasteiger partial charge is 0.251 e. The molecule has 4 N–H and O–H groups in total. The van der Waals surface area contributed by atoms with E-state index in [1.54, 1.807) is 0 Å². The van der Waals surface area contributed by atoms with Crippen molar-refractivity contribution in [1.82, 2.24) is 20.3 Å². The lowest BCUT2D eigenvalue weighted by atomic mass is 10.1. The van der Waals surface area contributed by atoms with Crippen molar-refractivity contribution in [1.29, 1.82) is 0 Å². The van der Waals surface area contributed by atoms with Crippen LogP contribution in [0.2, 0.25) is 0 Å². The number of sulfonamides is 1. The van der Waals surface area contributed by atoms with Gasteiger partial charge in [-0.05, 0) is 18.2 Å². The van der Waals surface area contributed by atoms with Crippen LogP contribution in [0.3, 0.4) is 0 Å². The maximum Gasteiger partial charge on any atom is 0.251 e. The summed E-state index contributed by atoms with van der Waals surface area (Å²) in [6.45, 7) is 1.64. The molecule has 2 atom stereocenters. The molecule has 0 aliphatic carbocycles. The molecule has 2 aliphatic heterocycles. The van der Waals surface area contributed by atoms with Crippen molar-refractivity contribution in [2.24, 2.45) is 5.92 Å². The first kappa shape index (κ1) is 18.8. The first-order chi connectivity index (χ1) is 12.4. The number of β-amino-alcohol motifs (C(OH)–C–C–N with tert-alkyl or cyclic N) is 1. The first-order valence-corrected chi connectivity index (χ1v) is 9.86. The van der Waals surface area contributed by atoms with Crippen LogP contribution in [0.5, 0.6) is 0 Å². The van der Waals surface area contributed by atoms with E-state index in [2.05, 4.69) is 16.0 Å². The van der Waals surface area contributed by atoms with Gasteiger partial charge in [-0.25, -0.2) is 8.42 Å². The Balaban J connectivity index is 1.70. The largest absolute Gasteiger partial charge is 0.391 e. The Labute approximate surface area is 151 Å². The summed E-state index contributed by atoms with van der Waals surface area (Å²) < 4.78 is 26.5. The van der Waals surface area contributed by atoms with E-state index in [0.29, 0.717) is 19.6 Å². The van der Waals surface area contributed by atoms with Gasteiger partial charge < -0.3 is 21.1 Å². The summed E-state index contributed by atoms with van der Waals surface area (Å²) in [6.07, 6.45) is -0.507. The van der Waals surface area contributed by atoms with Crippen molar-refractivity contribution in [2.75, 3.05) is 39.3 Å². The van der Waals surface area contributed by atoms with E-state index in [9.17, 15) is 23.1 Å². The predicted molar refractivity (Wildman–Crippen MR) is 92.9 cm³/mol. The number of carbonyl (C=O) groups is 2. The Kier molecular flexibility index (Phi) is 5.56. The lowest BCUT2D eigenvalue weighted by Crippen LogP contribution is -2.49. The van der Waals surface area contributed by atoms with Gasteiger partial charge in [0.2, 0.25) is 15.9 Å². The average Bonchev–Trinajstić information content (AvgIpc) is 3.04. The monoisotopic (exact) mass is 382 g/mol. The van der Waals surface area contributed by atoms with Crippen molar-refractivity contribution in [3.8, 4) is 0 Å². The lowest BCUT2D eigenvalue weighted by molar-refractivity contribution is -0.122. The minimum atomic E-state index is -3.85. The van der Waals surface area contributed by atoms with Crippen LogP contribution < -0.4 is 16.0 Å². The van der Waals surface area contributed by atoms with E-state index in [-0.39, 0.29) is 41.9 Å². The van der Waals surface area contributed by atoms with Crippen molar-refractivity contribution >= 4 is 21.8 Å². The number of aliphatic hydroxyl groups excluding tert-OH is 1. The van der Waals surface area contributed by atoms with Crippen molar-refractivity contribution in [3.63, 3.8) is 0 Å². The number of hydrogen-bond acceptors (Lipinski definition) is 6. The van der Waals surface area contributed by atoms with Crippen LogP contribution in [0.1, 0.15) is 10.4 Å². The summed E-state index contributed by atoms with van der Waals surface area (Å²) in [5.74, 6) is -0.826. The van der Waals surface area contributed by atoms with Gasteiger partial charge in [-0.2, -0.15) is 4.31 Å². The van der Waals surface area contributed by atoms with Crippen LogP contribution in [-0.2, 0) is 14.8 Å². The Morgan fingerprint density at radius 2 is 2.15 bits per heavy atom. The minimum Gasteiger partial charge on any atom is -0.391 e. The van der Waals surface area contributed by atoms with E-state index < -0.39 is 22.0 Å². The van der Waals surface area contributed by atoms with Crippen LogP contribution in [0.15, 0.2) is 29.2 Å². The molecule has 2 saturated heterocycles. The third kappa shape index (κ3) is 4.04. The lowest BCUT2D eigenvalue weighted by Gasteiger charge is -2.26. The number of amides is 2. The van der Waals surface area contributed by atoms with Crippen LogP contribution >= 0.6 is 0 Å². The molecule has 2 fully saturated rings.